The SMILES string of the molecule is CC(C)(C)c1ccc(S(=O)(=O)Nc2ccc(Cl)cc2C(=O)c2cc[n+](O)cc2)cc1. The van der Waals surface area contributed by atoms with Crippen molar-refractivity contribution >= 4 is 33.1 Å². The van der Waals surface area contributed by atoms with E-state index in [1.165, 1.54) is 54.9 Å². The first-order chi connectivity index (χ1) is 14.0. The molecule has 0 amide bonds. The highest BCUT2D eigenvalue weighted by Gasteiger charge is 2.22. The number of aromatic nitrogens is 1. The second-order valence-corrected chi connectivity index (χ2v) is 9.98. The predicted molar refractivity (Wildman–Crippen MR) is 115 cm³/mol. The van der Waals surface area contributed by atoms with E-state index in [-0.39, 0.29) is 27.1 Å². The molecule has 0 aliphatic rings. The smallest absolute Gasteiger partial charge is 0.261 e. The van der Waals surface area contributed by atoms with Gasteiger partial charge in [-0.3, -0.25) is 14.7 Å². The predicted octanol–water partition coefficient (Wildman–Crippen LogP) is 4.19. The van der Waals surface area contributed by atoms with Crippen LogP contribution in [0.2, 0.25) is 5.02 Å². The average molecular weight is 446 g/mol. The maximum absolute atomic E-state index is 12.9. The summed E-state index contributed by atoms with van der Waals surface area (Å²) in [6.07, 6.45) is 2.61. The molecule has 0 spiro atoms. The molecule has 0 aliphatic heterocycles. The van der Waals surface area contributed by atoms with Gasteiger partial charge in [-0.05, 0) is 41.3 Å². The molecule has 0 radical (unpaired) electrons. The van der Waals surface area contributed by atoms with Crippen LogP contribution in [-0.2, 0) is 15.4 Å². The lowest BCUT2D eigenvalue weighted by molar-refractivity contribution is -0.904. The molecular weight excluding hydrogens is 424 g/mol. The Balaban J connectivity index is 1.96. The monoisotopic (exact) mass is 445 g/mol. The van der Waals surface area contributed by atoms with Gasteiger partial charge < -0.3 is 0 Å². The van der Waals surface area contributed by atoms with Crippen molar-refractivity contribution in [2.75, 3.05) is 4.72 Å². The van der Waals surface area contributed by atoms with Gasteiger partial charge in [0, 0.05) is 33.0 Å². The van der Waals surface area contributed by atoms with Crippen LogP contribution in [0, 0.1) is 0 Å². The van der Waals surface area contributed by atoms with Crippen molar-refractivity contribution in [3.8, 4) is 0 Å². The third-order valence-electron chi connectivity index (χ3n) is 4.58. The molecular formula is C22H22ClN2O4S+. The Morgan fingerprint density at radius 3 is 2.17 bits per heavy atom. The number of nitrogens with one attached hydrogen (secondary N) is 1. The van der Waals surface area contributed by atoms with Crippen molar-refractivity contribution in [1.82, 2.24) is 0 Å². The van der Waals surface area contributed by atoms with E-state index in [1.807, 2.05) is 20.8 Å². The van der Waals surface area contributed by atoms with E-state index in [0.29, 0.717) is 5.02 Å². The van der Waals surface area contributed by atoms with E-state index in [2.05, 4.69) is 4.72 Å². The van der Waals surface area contributed by atoms with Gasteiger partial charge in [-0.2, -0.15) is 0 Å². The molecule has 30 heavy (non-hydrogen) atoms. The molecule has 0 bridgehead atoms. The second kappa shape index (κ2) is 8.08. The highest BCUT2D eigenvalue weighted by Crippen LogP contribution is 2.27. The summed E-state index contributed by atoms with van der Waals surface area (Å²) < 4.78 is 29.1. The van der Waals surface area contributed by atoms with Crippen LogP contribution in [-0.4, -0.2) is 19.4 Å². The maximum Gasteiger partial charge on any atom is 0.261 e. The Bertz CT molecular complexity index is 1180. The van der Waals surface area contributed by atoms with Crippen LogP contribution in [0.3, 0.4) is 0 Å². The molecule has 0 fully saturated rings. The highest BCUT2D eigenvalue weighted by molar-refractivity contribution is 7.92. The number of carbonyl (C=O) groups excluding carboxylic acids is 1. The Morgan fingerprint density at radius 1 is 1.00 bits per heavy atom. The number of carbonyl (C=O) groups is 1. The number of anilines is 1. The Hall–Kier alpha value is -2.90. The van der Waals surface area contributed by atoms with Gasteiger partial charge in [0.2, 0.25) is 12.4 Å². The second-order valence-electron chi connectivity index (χ2n) is 7.87. The van der Waals surface area contributed by atoms with Crippen molar-refractivity contribution in [2.45, 2.75) is 31.1 Å². The van der Waals surface area contributed by atoms with Gasteiger partial charge in [-0.25, -0.2) is 8.42 Å². The van der Waals surface area contributed by atoms with Crippen LogP contribution < -0.4 is 9.45 Å². The largest absolute Gasteiger partial charge is 0.289 e. The number of hydrogen-bond donors (Lipinski definition) is 2. The van der Waals surface area contributed by atoms with Gasteiger partial charge in [0.25, 0.3) is 10.0 Å². The first kappa shape index (κ1) is 21.8. The number of benzene rings is 2. The molecule has 8 heteroatoms. The number of ketones is 1. The van der Waals surface area contributed by atoms with Crippen molar-refractivity contribution in [2.24, 2.45) is 0 Å². The van der Waals surface area contributed by atoms with Gasteiger partial charge >= 0.3 is 0 Å². The number of sulfonamides is 1. The van der Waals surface area contributed by atoms with Gasteiger partial charge in [0.05, 0.1) is 10.6 Å². The molecule has 1 heterocycles. The molecule has 6 nitrogen and oxygen atoms in total. The zero-order valence-electron chi connectivity index (χ0n) is 16.8. The molecule has 0 saturated heterocycles. The molecule has 2 aromatic carbocycles. The summed E-state index contributed by atoms with van der Waals surface area (Å²) in [5.74, 6) is -0.432. The van der Waals surface area contributed by atoms with Crippen molar-refractivity contribution < 1.29 is 23.1 Å². The fourth-order valence-electron chi connectivity index (χ4n) is 2.86. The highest BCUT2D eigenvalue weighted by atomic mass is 35.5. The first-order valence-corrected chi connectivity index (χ1v) is 11.0. The summed E-state index contributed by atoms with van der Waals surface area (Å²) in [4.78, 5) is 13.0. The van der Waals surface area contributed by atoms with E-state index in [9.17, 15) is 18.4 Å². The molecule has 0 atom stereocenters. The summed E-state index contributed by atoms with van der Waals surface area (Å²) >= 11 is 6.05. The summed E-state index contributed by atoms with van der Waals surface area (Å²) in [5, 5.41) is 9.64. The van der Waals surface area contributed by atoms with E-state index in [4.69, 9.17) is 11.6 Å². The molecule has 0 saturated carbocycles. The van der Waals surface area contributed by atoms with E-state index in [1.54, 1.807) is 12.1 Å². The molecule has 1 aromatic heterocycles. The van der Waals surface area contributed by atoms with Crippen LogP contribution in [0.5, 0.6) is 0 Å². The lowest BCUT2D eigenvalue weighted by Gasteiger charge is -2.19. The number of halogens is 1. The van der Waals surface area contributed by atoms with E-state index in [0.717, 1.165) is 10.3 Å². The van der Waals surface area contributed by atoms with Gasteiger partial charge in [-0.1, -0.05) is 44.5 Å². The minimum atomic E-state index is -3.92. The number of rotatable bonds is 5. The standard InChI is InChI=1S/C22H21ClN2O4S/c1-22(2,3)16-4-7-18(8-5-16)30(28,29)24-20-9-6-17(23)14-19(20)21(26)15-10-12-25(27)13-11-15/h4-14H,1-3H3,(H-,24,26,27)/p+1. The quantitative estimate of drug-likeness (QED) is 0.350. The minimum Gasteiger partial charge on any atom is -0.289 e. The lowest BCUT2D eigenvalue weighted by Crippen LogP contribution is -2.28. The number of hydrogen-bond acceptors (Lipinski definition) is 4. The van der Waals surface area contributed by atoms with Crippen LogP contribution in [0.15, 0.2) is 71.9 Å². The van der Waals surface area contributed by atoms with E-state index < -0.39 is 15.8 Å². The molecule has 2 N–H and O–H groups in total. The zero-order chi connectivity index (χ0) is 22.1. The molecule has 0 unspecified atom stereocenters. The summed E-state index contributed by atoms with van der Waals surface area (Å²) in [5.41, 5.74) is 1.40. The van der Waals surface area contributed by atoms with E-state index >= 15 is 0 Å². The summed E-state index contributed by atoms with van der Waals surface area (Å²) in [6, 6.07) is 13.8. The Labute approximate surface area is 180 Å². The van der Waals surface area contributed by atoms with Crippen LogP contribution in [0.4, 0.5) is 5.69 Å². The third kappa shape index (κ3) is 4.80. The van der Waals surface area contributed by atoms with Gasteiger partial charge in [0.15, 0.2) is 5.78 Å². The molecule has 3 rings (SSSR count). The zero-order valence-corrected chi connectivity index (χ0v) is 18.3. The topological polar surface area (TPSA) is 87.4 Å². The van der Waals surface area contributed by atoms with Crippen molar-refractivity contribution in [3.05, 3.63) is 88.7 Å². The molecule has 0 aliphatic carbocycles. The fourth-order valence-corrected chi connectivity index (χ4v) is 4.11. The van der Waals surface area contributed by atoms with Gasteiger partial charge in [0.1, 0.15) is 0 Å². The van der Waals surface area contributed by atoms with Crippen LogP contribution in [0.1, 0.15) is 42.3 Å². The lowest BCUT2D eigenvalue weighted by atomic mass is 9.87. The fraction of sp³-hybridized carbons (Fsp3) is 0.182. The van der Waals surface area contributed by atoms with Crippen LogP contribution in [0.25, 0.3) is 0 Å². The minimum absolute atomic E-state index is 0.0879. The molecule has 156 valence electrons. The third-order valence-corrected chi connectivity index (χ3v) is 6.19. The molecule has 3 aromatic rings. The Kier molecular flexibility index (Phi) is 5.87. The summed E-state index contributed by atoms with van der Waals surface area (Å²) in [6.45, 7) is 6.13. The Morgan fingerprint density at radius 2 is 1.60 bits per heavy atom. The summed E-state index contributed by atoms with van der Waals surface area (Å²) in [7, 11) is -3.92. The van der Waals surface area contributed by atoms with Crippen molar-refractivity contribution in [3.63, 3.8) is 0 Å². The normalized spacial score (nSPS) is 11.9. The van der Waals surface area contributed by atoms with Crippen LogP contribution >= 0.6 is 11.6 Å². The number of nitrogens with zero attached hydrogens (tertiary/aromatic N) is 1. The maximum atomic E-state index is 12.9. The average Bonchev–Trinajstić information content (AvgIpc) is 2.69. The number of pyridine rings is 1. The van der Waals surface area contributed by atoms with Crippen molar-refractivity contribution in [1.29, 1.82) is 0 Å². The van der Waals surface area contributed by atoms with Gasteiger partial charge in [-0.15, -0.1) is 0 Å². The first-order valence-electron chi connectivity index (χ1n) is 9.15.